The van der Waals surface area contributed by atoms with Crippen LogP contribution in [-0.2, 0) is 22.6 Å². The fourth-order valence-corrected chi connectivity index (χ4v) is 3.17. The van der Waals surface area contributed by atoms with E-state index in [0.717, 1.165) is 29.0 Å². The molecule has 0 spiro atoms. The largest absolute Gasteiger partial charge is 0.454 e. The van der Waals surface area contributed by atoms with E-state index in [1.54, 1.807) is 12.4 Å². The van der Waals surface area contributed by atoms with Crippen LogP contribution in [0.5, 0.6) is 11.5 Å². The van der Waals surface area contributed by atoms with Gasteiger partial charge in [-0.3, -0.25) is 9.78 Å². The highest BCUT2D eigenvalue weighted by molar-refractivity contribution is 5.79. The zero-order valence-corrected chi connectivity index (χ0v) is 13.9. The average Bonchev–Trinajstić information content (AvgIpc) is 3.33. The lowest BCUT2D eigenvalue weighted by atomic mass is 10.1. The number of fused-ring (bicyclic) bond motifs is 1. The number of rotatable bonds is 5. The molecule has 1 aromatic carbocycles. The van der Waals surface area contributed by atoms with Gasteiger partial charge in [0.15, 0.2) is 11.5 Å². The zero-order chi connectivity index (χ0) is 17.1. The molecule has 2 aromatic rings. The van der Waals surface area contributed by atoms with Crippen molar-refractivity contribution in [2.75, 3.05) is 20.0 Å². The lowest BCUT2D eigenvalue weighted by Gasteiger charge is -2.25. The summed E-state index contributed by atoms with van der Waals surface area (Å²) in [4.78, 5) is 19.0. The predicted molar refractivity (Wildman–Crippen MR) is 90.0 cm³/mol. The Hall–Kier alpha value is -2.60. The van der Waals surface area contributed by atoms with Crippen molar-refractivity contribution < 1.29 is 19.0 Å². The fraction of sp³-hybridized carbons (Fsp3) is 0.368. The van der Waals surface area contributed by atoms with Crippen molar-refractivity contribution >= 4 is 5.91 Å². The van der Waals surface area contributed by atoms with Crippen LogP contribution in [0.25, 0.3) is 0 Å². The van der Waals surface area contributed by atoms with Gasteiger partial charge in [-0.15, -0.1) is 0 Å². The average molecular weight is 340 g/mol. The van der Waals surface area contributed by atoms with Crippen LogP contribution in [0.1, 0.15) is 17.5 Å². The van der Waals surface area contributed by atoms with Crippen molar-refractivity contribution in [1.82, 2.24) is 9.88 Å². The second kappa shape index (κ2) is 7.11. The maximum absolute atomic E-state index is 13.0. The molecule has 1 aromatic heterocycles. The minimum atomic E-state index is -0.0642. The molecule has 0 aliphatic carbocycles. The van der Waals surface area contributed by atoms with Crippen LogP contribution < -0.4 is 9.47 Å². The molecule has 0 bridgehead atoms. The van der Waals surface area contributed by atoms with Crippen LogP contribution in [0.15, 0.2) is 42.7 Å². The summed E-state index contributed by atoms with van der Waals surface area (Å²) in [6.45, 7) is 2.44. The van der Waals surface area contributed by atoms with E-state index in [9.17, 15) is 4.79 Å². The lowest BCUT2D eigenvalue weighted by molar-refractivity contribution is -0.136. The Morgan fingerprint density at radius 2 is 2.04 bits per heavy atom. The highest BCUT2D eigenvalue weighted by atomic mass is 16.7. The van der Waals surface area contributed by atoms with E-state index in [2.05, 4.69) is 4.98 Å². The molecule has 0 N–H and O–H groups in total. The number of ether oxygens (including phenoxy) is 3. The van der Waals surface area contributed by atoms with Crippen LogP contribution in [0.3, 0.4) is 0 Å². The Balaban J connectivity index is 1.54. The highest BCUT2D eigenvalue weighted by Gasteiger charge is 2.28. The molecule has 2 aliphatic rings. The first kappa shape index (κ1) is 15.9. The molecule has 1 fully saturated rings. The van der Waals surface area contributed by atoms with Crippen molar-refractivity contribution in [3.8, 4) is 11.5 Å². The van der Waals surface area contributed by atoms with Gasteiger partial charge in [-0.1, -0.05) is 12.1 Å². The van der Waals surface area contributed by atoms with Gasteiger partial charge in [0.2, 0.25) is 12.7 Å². The number of aromatic nitrogens is 1. The number of hydrogen-bond acceptors (Lipinski definition) is 5. The molecule has 1 saturated heterocycles. The molecule has 0 unspecified atom stereocenters. The van der Waals surface area contributed by atoms with Crippen molar-refractivity contribution in [3.05, 3.63) is 53.9 Å². The molecule has 1 amide bonds. The second-order valence-electron chi connectivity index (χ2n) is 6.30. The van der Waals surface area contributed by atoms with Crippen molar-refractivity contribution in [2.24, 2.45) is 5.92 Å². The van der Waals surface area contributed by atoms with E-state index in [4.69, 9.17) is 14.2 Å². The van der Waals surface area contributed by atoms with Crippen LogP contribution >= 0.6 is 0 Å². The van der Waals surface area contributed by atoms with E-state index in [1.807, 2.05) is 35.2 Å². The Morgan fingerprint density at radius 1 is 1.16 bits per heavy atom. The highest BCUT2D eigenvalue weighted by Crippen LogP contribution is 2.33. The summed E-state index contributed by atoms with van der Waals surface area (Å²) in [6.07, 6.45) is 4.31. The lowest BCUT2D eigenvalue weighted by Crippen LogP contribution is -2.35. The van der Waals surface area contributed by atoms with Crippen LogP contribution in [0.4, 0.5) is 0 Å². The molecular formula is C19H20N2O4. The molecule has 25 heavy (non-hydrogen) atoms. The topological polar surface area (TPSA) is 60.9 Å². The molecular weight excluding hydrogens is 320 g/mol. The third-order valence-electron chi connectivity index (χ3n) is 4.50. The van der Waals surface area contributed by atoms with Crippen molar-refractivity contribution in [3.63, 3.8) is 0 Å². The summed E-state index contributed by atoms with van der Waals surface area (Å²) < 4.78 is 16.2. The Morgan fingerprint density at radius 3 is 2.84 bits per heavy atom. The molecule has 1 atom stereocenters. The molecule has 6 heteroatoms. The van der Waals surface area contributed by atoms with E-state index in [0.29, 0.717) is 26.3 Å². The number of carbonyl (C=O) groups is 1. The van der Waals surface area contributed by atoms with Crippen LogP contribution in [0.2, 0.25) is 0 Å². The normalized spacial score (nSPS) is 18.3. The minimum Gasteiger partial charge on any atom is -0.454 e. The summed E-state index contributed by atoms with van der Waals surface area (Å²) >= 11 is 0. The zero-order valence-electron chi connectivity index (χ0n) is 13.9. The SMILES string of the molecule is O=C([C@@H]1CCOC1)N(Cc1cccnc1)Cc1ccc2c(c1)OCO2. The van der Waals surface area contributed by atoms with Crippen molar-refractivity contribution in [1.29, 1.82) is 0 Å². The molecule has 130 valence electrons. The summed E-state index contributed by atoms with van der Waals surface area (Å²) in [5.74, 6) is 1.54. The van der Waals surface area contributed by atoms with E-state index in [1.165, 1.54) is 0 Å². The minimum absolute atomic E-state index is 0.0642. The number of benzene rings is 1. The van der Waals surface area contributed by atoms with Crippen LogP contribution in [0, 0.1) is 5.92 Å². The van der Waals surface area contributed by atoms with Gasteiger partial charge in [-0.25, -0.2) is 0 Å². The van der Waals surface area contributed by atoms with Gasteiger partial charge in [0.05, 0.1) is 12.5 Å². The first-order chi connectivity index (χ1) is 12.3. The fourth-order valence-electron chi connectivity index (χ4n) is 3.17. The first-order valence-electron chi connectivity index (χ1n) is 8.43. The third-order valence-corrected chi connectivity index (χ3v) is 4.50. The summed E-state index contributed by atoms with van der Waals surface area (Å²) in [6, 6.07) is 9.68. The molecule has 2 aliphatic heterocycles. The van der Waals surface area contributed by atoms with Gasteiger partial charge in [-0.2, -0.15) is 0 Å². The summed E-state index contributed by atoms with van der Waals surface area (Å²) in [7, 11) is 0. The van der Waals surface area contributed by atoms with Gasteiger partial charge in [0.25, 0.3) is 0 Å². The number of amides is 1. The van der Waals surface area contributed by atoms with Gasteiger partial charge >= 0.3 is 0 Å². The molecule has 4 rings (SSSR count). The van der Waals surface area contributed by atoms with Crippen LogP contribution in [-0.4, -0.2) is 35.8 Å². The standard InChI is InChI=1S/C19H20N2O4/c22-19(16-5-7-23-12-16)21(11-15-2-1-6-20-9-15)10-14-3-4-17-18(8-14)25-13-24-17/h1-4,6,8-9,16H,5,7,10-13H2/t16-/m1/s1. The van der Waals surface area contributed by atoms with Gasteiger partial charge < -0.3 is 19.1 Å². The Kier molecular flexibility index (Phi) is 4.52. The van der Waals surface area contributed by atoms with Crippen molar-refractivity contribution in [2.45, 2.75) is 19.5 Å². The van der Waals surface area contributed by atoms with E-state index >= 15 is 0 Å². The van der Waals surface area contributed by atoms with Gasteiger partial charge in [0, 0.05) is 32.1 Å². The third kappa shape index (κ3) is 3.58. The maximum atomic E-state index is 13.0. The Bertz CT molecular complexity index is 744. The van der Waals surface area contributed by atoms with Gasteiger partial charge in [-0.05, 0) is 35.7 Å². The number of nitrogens with zero attached hydrogens (tertiary/aromatic N) is 2. The molecule has 0 radical (unpaired) electrons. The predicted octanol–water partition coefficient (Wildman–Crippen LogP) is 2.38. The Labute approximate surface area is 146 Å². The van der Waals surface area contributed by atoms with E-state index in [-0.39, 0.29) is 18.6 Å². The molecule has 0 saturated carbocycles. The first-order valence-corrected chi connectivity index (χ1v) is 8.43. The molecule has 3 heterocycles. The summed E-state index contributed by atoms with van der Waals surface area (Å²) in [5.41, 5.74) is 2.02. The maximum Gasteiger partial charge on any atom is 0.231 e. The van der Waals surface area contributed by atoms with E-state index < -0.39 is 0 Å². The molecule has 6 nitrogen and oxygen atoms in total. The smallest absolute Gasteiger partial charge is 0.231 e. The second-order valence-corrected chi connectivity index (χ2v) is 6.30. The van der Waals surface area contributed by atoms with Gasteiger partial charge in [0.1, 0.15) is 0 Å². The number of carbonyl (C=O) groups excluding carboxylic acids is 1. The summed E-state index contributed by atoms with van der Waals surface area (Å²) in [5, 5.41) is 0. The number of hydrogen-bond donors (Lipinski definition) is 0. The quantitative estimate of drug-likeness (QED) is 0.836. The monoisotopic (exact) mass is 340 g/mol. The number of pyridine rings is 1.